The Labute approximate surface area is 265 Å². The number of hydrogen-bond donors (Lipinski definition) is 0. The molecule has 3 heterocycles. The summed E-state index contributed by atoms with van der Waals surface area (Å²) in [4.78, 5) is 25.3. The van der Waals surface area contributed by atoms with E-state index in [1.54, 1.807) is 48.5 Å². The Balaban J connectivity index is 1.23. The van der Waals surface area contributed by atoms with Crippen LogP contribution in [0.5, 0.6) is 5.88 Å². The van der Waals surface area contributed by atoms with Crippen molar-refractivity contribution >= 4 is 22.7 Å². The summed E-state index contributed by atoms with van der Waals surface area (Å²) in [6, 6.07) is 19.5. The van der Waals surface area contributed by atoms with E-state index in [1.807, 2.05) is 25.3 Å². The number of halogens is 2. The van der Waals surface area contributed by atoms with E-state index in [4.69, 9.17) is 25.8 Å². The molecular formula is C36H32F2N4O4. The number of imidazole rings is 1. The van der Waals surface area contributed by atoms with E-state index < -0.39 is 23.2 Å². The van der Waals surface area contributed by atoms with Gasteiger partial charge in [-0.3, -0.25) is 0 Å². The molecule has 0 aliphatic carbocycles. The molecule has 1 aliphatic heterocycles. The van der Waals surface area contributed by atoms with Crippen LogP contribution in [0, 0.1) is 18.2 Å². The van der Waals surface area contributed by atoms with E-state index in [1.165, 1.54) is 18.2 Å². The first-order chi connectivity index (χ1) is 22.1. The number of aromatic nitrogens is 3. The van der Waals surface area contributed by atoms with Gasteiger partial charge in [0.1, 0.15) is 29.7 Å². The number of rotatable bonds is 9. The Morgan fingerprint density at radius 2 is 1.80 bits per heavy atom. The number of hydrogen-bond acceptors (Lipinski definition) is 6. The third-order valence-corrected chi connectivity index (χ3v) is 7.60. The first-order valence-electron chi connectivity index (χ1n) is 14.9. The SMILES string of the molecule is [C-]#[N+]c1ccc(COc2cccc(-c3ccc(Cc4nc5ccc(C(=O)OC(C)(C)C)cc5n4CC4CCO4)c(F)c3)n2)c(F)c1. The minimum Gasteiger partial charge on any atom is -0.473 e. The summed E-state index contributed by atoms with van der Waals surface area (Å²) in [5, 5.41) is 0. The van der Waals surface area contributed by atoms with E-state index in [0.29, 0.717) is 52.4 Å². The van der Waals surface area contributed by atoms with Crippen molar-refractivity contribution < 1.29 is 27.8 Å². The molecule has 0 N–H and O–H groups in total. The highest BCUT2D eigenvalue weighted by Gasteiger charge is 2.24. The summed E-state index contributed by atoms with van der Waals surface area (Å²) in [5.41, 5.74) is 3.26. The van der Waals surface area contributed by atoms with Gasteiger partial charge in [0.2, 0.25) is 5.88 Å². The summed E-state index contributed by atoms with van der Waals surface area (Å²) in [6.07, 6.45) is 1.15. The maximum Gasteiger partial charge on any atom is 0.338 e. The summed E-state index contributed by atoms with van der Waals surface area (Å²) in [6.45, 7) is 13.6. The fourth-order valence-corrected chi connectivity index (χ4v) is 5.16. The third-order valence-electron chi connectivity index (χ3n) is 7.60. The second-order valence-electron chi connectivity index (χ2n) is 12.1. The number of benzene rings is 3. The van der Waals surface area contributed by atoms with Crippen LogP contribution in [-0.4, -0.2) is 38.8 Å². The molecule has 5 aromatic rings. The molecule has 6 rings (SSSR count). The van der Waals surface area contributed by atoms with Gasteiger partial charge in [-0.2, -0.15) is 0 Å². The van der Waals surface area contributed by atoms with Crippen molar-refractivity contribution in [2.75, 3.05) is 6.61 Å². The lowest BCUT2D eigenvalue weighted by Crippen LogP contribution is -2.31. The van der Waals surface area contributed by atoms with Crippen LogP contribution in [0.3, 0.4) is 0 Å². The van der Waals surface area contributed by atoms with Crippen molar-refractivity contribution in [2.24, 2.45) is 0 Å². The first-order valence-corrected chi connectivity index (χ1v) is 14.9. The fraction of sp³-hybridized carbons (Fsp3) is 0.278. The van der Waals surface area contributed by atoms with E-state index in [-0.39, 0.29) is 30.7 Å². The van der Waals surface area contributed by atoms with E-state index in [9.17, 15) is 9.18 Å². The van der Waals surface area contributed by atoms with Gasteiger partial charge in [-0.05, 0) is 69.2 Å². The van der Waals surface area contributed by atoms with Crippen LogP contribution in [-0.2, 0) is 29.0 Å². The third kappa shape index (κ3) is 6.90. The quantitative estimate of drug-likeness (QED) is 0.123. The molecule has 0 radical (unpaired) electrons. The highest BCUT2D eigenvalue weighted by Crippen LogP contribution is 2.28. The lowest BCUT2D eigenvalue weighted by atomic mass is 10.1. The van der Waals surface area contributed by atoms with Gasteiger partial charge in [-0.1, -0.05) is 30.3 Å². The van der Waals surface area contributed by atoms with E-state index >= 15 is 4.39 Å². The number of ether oxygens (including phenoxy) is 3. The van der Waals surface area contributed by atoms with Gasteiger partial charge >= 0.3 is 5.97 Å². The van der Waals surface area contributed by atoms with Gasteiger partial charge in [0.05, 0.1) is 41.5 Å². The number of fused-ring (bicyclic) bond motifs is 1. The highest BCUT2D eigenvalue weighted by molar-refractivity contribution is 5.94. The van der Waals surface area contributed by atoms with Crippen molar-refractivity contribution in [1.29, 1.82) is 0 Å². The Morgan fingerprint density at radius 1 is 1.02 bits per heavy atom. The smallest absolute Gasteiger partial charge is 0.338 e. The van der Waals surface area contributed by atoms with Crippen LogP contribution in [0.25, 0.3) is 27.1 Å². The van der Waals surface area contributed by atoms with Gasteiger partial charge in [-0.25, -0.2) is 28.4 Å². The van der Waals surface area contributed by atoms with Crippen LogP contribution in [0.1, 0.15) is 54.5 Å². The molecule has 0 saturated carbocycles. The number of nitrogens with zero attached hydrogens (tertiary/aromatic N) is 4. The minimum atomic E-state index is -0.628. The van der Waals surface area contributed by atoms with Crippen LogP contribution >= 0.6 is 0 Å². The molecule has 3 aromatic carbocycles. The normalized spacial score (nSPS) is 14.5. The largest absolute Gasteiger partial charge is 0.473 e. The lowest BCUT2D eigenvalue weighted by molar-refractivity contribution is -0.0589. The van der Waals surface area contributed by atoms with Crippen LogP contribution in [0.4, 0.5) is 14.5 Å². The standard InChI is InChI=1S/C36H32F2N4O4/c1-36(2,3)46-35(43)24-11-13-31-32(17-24)42(20-27-14-15-44-27)33(40-31)18-22-8-9-23(16-28(22)37)30-6-5-7-34(41-30)45-21-25-10-12-26(39-4)19-29(25)38/h5-13,16-17,19,27H,14-15,18,20-21H2,1-3H3. The second kappa shape index (κ2) is 12.7. The zero-order valence-electron chi connectivity index (χ0n) is 25.7. The molecule has 0 spiro atoms. The van der Waals surface area contributed by atoms with Crippen LogP contribution in [0.2, 0.25) is 0 Å². The van der Waals surface area contributed by atoms with Gasteiger partial charge in [0, 0.05) is 30.2 Å². The van der Waals surface area contributed by atoms with E-state index in [0.717, 1.165) is 18.0 Å². The predicted octanol–water partition coefficient (Wildman–Crippen LogP) is 7.84. The number of carbonyl (C=O) groups excluding carboxylic acids is 1. The molecule has 1 saturated heterocycles. The molecule has 1 aliphatic rings. The Kier molecular flexibility index (Phi) is 8.52. The minimum absolute atomic E-state index is 0.0173. The number of esters is 1. The first kappa shape index (κ1) is 30.9. The molecule has 234 valence electrons. The number of carbonyl (C=O) groups is 1. The van der Waals surface area contributed by atoms with Crippen molar-refractivity contribution in [1.82, 2.24) is 14.5 Å². The lowest BCUT2D eigenvalue weighted by Gasteiger charge is -2.27. The zero-order chi connectivity index (χ0) is 32.4. The highest BCUT2D eigenvalue weighted by atomic mass is 19.1. The Morgan fingerprint density at radius 3 is 2.50 bits per heavy atom. The van der Waals surface area contributed by atoms with Crippen molar-refractivity contribution in [3.63, 3.8) is 0 Å². The van der Waals surface area contributed by atoms with Gasteiger partial charge in [0.25, 0.3) is 0 Å². The molecule has 8 nitrogen and oxygen atoms in total. The van der Waals surface area contributed by atoms with Gasteiger partial charge in [-0.15, -0.1) is 0 Å². The van der Waals surface area contributed by atoms with Crippen LogP contribution in [0.15, 0.2) is 72.8 Å². The maximum absolute atomic E-state index is 15.6. The summed E-state index contributed by atoms with van der Waals surface area (Å²) in [5.74, 6) is -0.451. The Bertz CT molecular complexity index is 1970. The average Bonchev–Trinajstić information content (AvgIpc) is 3.34. The molecule has 46 heavy (non-hydrogen) atoms. The van der Waals surface area contributed by atoms with Gasteiger partial charge in [0.15, 0.2) is 5.69 Å². The molecule has 0 amide bonds. The van der Waals surface area contributed by atoms with Crippen molar-refractivity contribution in [3.05, 3.63) is 118 Å². The van der Waals surface area contributed by atoms with Crippen LogP contribution < -0.4 is 4.74 Å². The molecule has 10 heteroatoms. The molecule has 0 bridgehead atoms. The van der Waals surface area contributed by atoms with Crippen molar-refractivity contribution in [2.45, 2.75) is 58.5 Å². The molecule has 1 fully saturated rings. The second-order valence-corrected chi connectivity index (χ2v) is 12.1. The van der Waals surface area contributed by atoms with E-state index in [2.05, 4.69) is 9.83 Å². The summed E-state index contributed by atoms with van der Waals surface area (Å²) >= 11 is 0. The monoisotopic (exact) mass is 622 g/mol. The molecule has 2 aromatic heterocycles. The van der Waals surface area contributed by atoms with Crippen molar-refractivity contribution in [3.8, 4) is 17.1 Å². The average molecular weight is 623 g/mol. The molecule has 1 atom stereocenters. The number of pyridine rings is 1. The fourth-order valence-electron chi connectivity index (χ4n) is 5.16. The van der Waals surface area contributed by atoms with Gasteiger partial charge < -0.3 is 18.8 Å². The predicted molar refractivity (Wildman–Crippen MR) is 169 cm³/mol. The summed E-state index contributed by atoms with van der Waals surface area (Å²) < 4.78 is 48.9. The topological polar surface area (TPSA) is 79.8 Å². The molecular weight excluding hydrogens is 590 g/mol. The summed E-state index contributed by atoms with van der Waals surface area (Å²) in [7, 11) is 0. The zero-order valence-corrected chi connectivity index (χ0v) is 25.7. The molecule has 1 unspecified atom stereocenters. The maximum atomic E-state index is 15.6. The Hall–Kier alpha value is -5.14.